The molecule has 2 aromatic carbocycles. The van der Waals surface area contributed by atoms with Crippen molar-refractivity contribution >= 4 is 0 Å². The normalized spacial score (nSPS) is 16.8. The summed E-state index contributed by atoms with van der Waals surface area (Å²) < 4.78 is 16.5. The molecule has 3 rings (SSSR count). The highest BCUT2D eigenvalue weighted by Crippen LogP contribution is 2.27. The lowest BCUT2D eigenvalue weighted by Gasteiger charge is -2.26. The molecule has 26 heavy (non-hydrogen) atoms. The smallest absolute Gasteiger partial charge is 0.123 e. The van der Waals surface area contributed by atoms with Crippen molar-refractivity contribution in [2.75, 3.05) is 27.4 Å². The van der Waals surface area contributed by atoms with Gasteiger partial charge in [-0.1, -0.05) is 24.3 Å². The van der Waals surface area contributed by atoms with Gasteiger partial charge in [0.25, 0.3) is 0 Å². The molecule has 0 spiro atoms. The minimum absolute atomic E-state index is 0.241. The summed E-state index contributed by atoms with van der Waals surface area (Å²) in [5.41, 5.74) is 2.00. The molecular formula is C21H27NO4. The maximum atomic E-state index is 10.3. The fraction of sp³-hybridized carbons (Fsp3) is 0.429. The predicted octanol–water partition coefficient (Wildman–Crippen LogP) is 3.59. The molecule has 1 atom stereocenters. The van der Waals surface area contributed by atoms with Crippen LogP contribution < -0.4 is 9.47 Å². The van der Waals surface area contributed by atoms with E-state index in [4.69, 9.17) is 14.2 Å². The van der Waals surface area contributed by atoms with E-state index in [0.717, 1.165) is 49.4 Å². The Morgan fingerprint density at radius 1 is 1.08 bits per heavy atom. The number of ether oxygens (including phenoxy) is 3. The van der Waals surface area contributed by atoms with Crippen LogP contribution in [0.25, 0.3) is 0 Å². The molecule has 1 N–H and O–H groups in total. The van der Waals surface area contributed by atoms with Crippen LogP contribution >= 0.6 is 0 Å². The van der Waals surface area contributed by atoms with Gasteiger partial charge in [0.15, 0.2) is 0 Å². The number of hydrogen-bond acceptors (Lipinski definition) is 5. The van der Waals surface area contributed by atoms with Crippen molar-refractivity contribution in [3.05, 3.63) is 53.6 Å². The van der Waals surface area contributed by atoms with Crippen molar-refractivity contribution < 1.29 is 19.3 Å². The molecule has 0 radical (unpaired) electrons. The van der Waals surface area contributed by atoms with Crippen molar-refractivity contribution in [3.8, 4) is 17.2 Å². The van der Waals surface area contributed by atoms with Crippen LogP contribution in [0.5, 0.6) is 17.2 Å². The molecule has 0 amide bonds. The summed E-state index contributed by atoms with van der Waals surface area (Å²) >= 11 is 0. The lowest BCUT2D eigenvalue weighted by Crippen LogP contribution is -2.31. The molecule has 1 heterocycles. The van der Waals surface area contributed by atoms with E-state index in [0.29, 0.717) is 12.3 Å². The van der Waals surface area contributed by atoms with Crippen LogP contribution in [0.3, 0.4) is 0 Å². The molecule has 1 aliphatic heterocycles. The van der Waals surface area contributed by atoms with E-state index < -0.39 is 0 Å². The third-order valence-corrected chi connectivity index (χ3v) is 4.76. The fourth-order valence-electron chi connectivity index (χ4n) is 3.38. The van der Waals surface area contributed by atoms with Crippen molar-refractivity contribution in [2.45, 2.75) is 32.0 Å². The number of methoxy groups -OCH3 is 2. The van der Waals surface area contributed by atoms with Crippen LogP contribution in [-0.2, 0) is 17.8 Å². The van der Waals surface area contributed by atoms with Crippen molar-refractivity contribution in [2.24, 2.45) is 0 Å². The van der Waals surface area contributed by atoms with E-state index in [9.17, 15) is 5.11 Å². The van der Waals surface area contributed by atoms with E-state index in [1.54, 1.807) is 20.3 Å². The Bertz CT molecular complexity index is 713. The topological polar surface area (TPSA) is 51.2 Å². The molecule has 0 aromatic heterocycles. The quantitative estimate of drug-likeness (QED) is 0.782. The molecule has 5 nitrogen and oxygen atoms in total. The molecular weight excluding hydrogens is 330 g/mol. The second kappa shape index (κ2) is 8.92. The van der Waals surface area contributed by atoms with Crippen LogP contribution in [0.4, 0.5) is 0 Å². The lowest BCUT2D eigenvalue weighted by molar-refractivity contribution is 0.0673. The highest BCUT2D eigenvalue weighted by molar-refractivity contribution is 5.40. The van der Waals surface area contributed by atoms with Gasteiger partial charge in [-0.2, -0.15) is 0 Å². The highest BCUT2D eigenvalue weighted by Gasteiger charge is 2.21. The van der Waals surface area contributed by atoms with Gasteiger partial charge in [0, 0.05) is 43.4 Å². The first-order valence-electron chi connectivity index (χ1n) is 9.01. The molecule has 1 saturated heterocycles. The van der Waals surface area contributed by atoms with E-state index >= 15 is 0 Å². The number of rotatable bonds is 8. The molecule has 2 aromatic rings. The standard InChI is InChI=1S/C21H27NO4/c1-24-18-10-9-16(20(23)12-18)13-22(15-19-7-5-11-26-19)14-17-6-3-4-8-21(17)25-2/h3-4,6,8-10,12,19,23H,5,7,11,13-15H2,1-2H3/t19-/m0/s1. The number of nitrogens with zero attached hydrogens (tertiary/aromatic N) is 1. The van der Waals surface area contributed by atoms with Crippen molar-refractivity contribution in [3.63, 3.8) is 0 Å². The molecule has 1 fully saturated rings. The predicted molar refractivity (Wildman–Crippen MR) is 101 cm³/mol. The van der Waals surface area contributed by atoms with Gasteiger partial charge in [0.1, 0.15) is 17.2 Å². The zero-order valence-corrected chi connectivity index (χ0v) is 15.5. The molecule has 0 bridgehead atoms. The summed E-state index contributed by atoms with van der Waals surface area (Å²) in [7, 11) is 3.29. The van der Waals surface area contributed by atoms with Gasteiger partial charge in [-0.15, -0.1) is 0 Å². The molecule has 0 aliphatic carbocycles. The van der Waals surface area contributed by atoms with E-state index in [1.807, 2.05) is 30.3 Å². The Kier molecular flexibility index (Phi) is 6.36. The lowest BCUT2D eigenvalue weighted by atomic mass is 10.1. The van der Waals surface area contributed by atoms with E-state index in [2.05, 4.69) is 11.0 Å². The van der Waals surface area contributed by atoms with E-state index in [1.165, 1.54) is 0 Å². The SMILES string of the molecule is COc1ccc(CN(Cc2ccccc2OC)C[C@@H]2CCCO2)c(O)c1. The average molecular weight is 357 g/mol. The minimum Gasteiger partial charge on any atom is -0.507 e. The Morgan fingerprint density at radius 3 is 2.58 bits per heavy atom. The van der Waals surface area contributed by atoms with E-state index in [-0.39, 0.29) is 11.9 Å². The molecule has 0 saturated carbocycles. The zero-order valence-electron chi connectivity index (χ0n) is 15.5. The molecule has 5 heteroatoms. The number of benzene rings is 2. The van der Waals surface area contributed by atoms with Crippen LogP contribution in [-0.4, -0.2) is 43.5 Å². The van der Waals surface area contributed by atoms with Crippen LogP contribution in [0.15, 0.2) is 42.5 Å². The summed E-state index contributed by atoms with van der Waals surface area (Å²) in [4.78, 5) is 2.30. The first-order chi connectivity index (χ1) is 12.7. The number of aromatic hydroxyl groups is 1. The third kappa shape index (κ3) is 4.68. The minimum atomic E-state index is 0.241. The second-order valence-corrected chi connectivity index (χ2v) is 6.61. The molecule has 0 unspecified atom stereocenters. The van der Waals surface area contributed by atoms with Gasteiger partial charge in [-0.25, -0.2) is 0 Å². The van der Waals surface area contributed by atoms with Gasteiger partial charge in [-0.3, -0.25) is 4.90 Å². The fourth-order valence-corrected chi connectivity index (χ4v) is 3.38. The zero-order chi connectivity index (χ0) is 18.4. The molecule has 140 valence electrons. The monoisotopic (exact) mass is 357 g/mol. The van der Waals surface area contributed by atoms with Crippen molar-refractivity contribution in [1.82, 2.24) is 4.90 Å². The Labute approximate surface area is 155 Å². The first kappa shape index (κ1) is 18.5. The average Bonchev–Trinajstić information content (AvgIpc) is 3.16. The summed E-state index contributed by atoms with van der Waals surface area (Å²) in [6.07, 6.45) is 2.43. The number of phenols is 1. The van der Waals surface area contributed by atoms with Gasteiger partial charge >= 0.3 is 0 Å². The maximum absolute atomic E-state index is 10.3. The third-order valence-electron chi connectivity index (χ3n) is 4.76. The van der Waals surface area contributed by atoms with Crippen LogP contribution in [0, 0.1) is 0 Å². The molecule has 1 aliphatic rings. The second-order valence-electron chi connectivity index (χ2n) is 6.61. The van der Waals surface area contributed by atoms with Gasteiger partial charge < -0.3 is 19.3 Å². The summed E-state index contributed by atoms with van der Waals surface area (Å²) in [5.74, 6) is 1.78. The van der Waals surface area contributed by atoms with Gasteiger partial charge in [0.2, 0.25) is 0 Å². The van der Waals surface area contributed by atoms with Crippen molar-refractivity contribution in [1.29, 1.82) is 0 Å². The largest absolute Gasteiger partial charge is 0.507 e. The number of para-hydroxylation sites is 1. The van der Waals surface area contributed by atoms with Crippen LogP contribution in [0.1, 0.15) is 24.0 Å². The van der Waals surface area contributed by atoms with Gasteiger partial charge in [-0.05, 0) is 25.0 Å². The summed E-state index contributed by atoms with van der Waals surface area (Å²) in [5, 5.41) is 10.3. The summed E-state index contributed by atoms with van der Waals surface area (Å²) in [6, 6.07) is 13.5. The van der Waals surface area contributed by atoms with Crippen LogP contribution in [0.2, 0.25) is 0 Å². The Hall–Kier alpha value is -2.24. The maximum Gasteiger partial charge on any atom is 0.123 e. The first-order valence-corrected chi connectivity index (χ1v) is 9.01. The number of hydrogen-bond donors (Lipinski definition) is 1. The number of phenolic OH excluding ortho intramolecular Hbond substituents is 1. The Morgan fingerprint density at radius 2 is 1.88 bits per heavy atom. The summed E-state index contributed by atoms with van der Waals surface area (Å²) in [6.45, 7) is 3.02. The van der Waals surface area contributed by atoms with Gasteiger partial charge in [0.05, 0.1) is 20.3 Å². The Balaban J connectivity index is 1.78. The highest BCUT2D eigenvalue weighted by atomic mass is 16.5.